The highest BCUT2D eigenvalue weighted by Gasteiger charge is 2.32. The number of nitrogens with one attached hydrogen (secondary N) is 1. The molecule has 1 heterocycles. The monoisotopic (exact) mass is 395 g/mol. The van der Waals surface area contributed by atoms with E-state index < -0.39 is 39.4 Å². The highest BCUT2D eigenvalue weighted by Crippen LogP contribution is 2.29. The number of carbonyl (C=O) groups excluding carboxylic acids is 1. The van der Waals surface area contributed by atoms with E-state index >= 15 is 0 Å². The summed E-state index contributed by atoms with van der Waals surface area (Å²) >= 11 is 0. The first-order chi connectivity index (χ1) is 12.9. The Morgan fingerprint density at radius 1 is 1.15 bits per heavy atom. The fourth-order valence-electron chi connectivity index (χ4n) is 2.64. The maximum Gasteiger partial charge on any atom is 0.387 e. The Morgan fingerprint density at radius 2 is 1.81 bits per heavy atom. The molecule has 1 aliphatic rings. The summed E-state index contributed by atoms with van der Waals surface area (Å²) in [5.41, 5.74) is 0.781. The van der Waals surface area contributed by atoms with Crippen molar-refractivity contribution in [1.82, 2.24) is 9.73 Å². The quantitative estimate of drug-likeness (QED) is 0.843. The maximum absolute atomic E-state index is 12.5. The third-order valence-corrected chi connectivity index (χ3v) is 5.16. The molecule has 0 bridgehead atoms. The number of amides is 2. The second-order valence-electron chi connectivity index (χ2n) is 5.54. The van der Waals surface area contributed by atoms with Gasteiger partial charge in [-0.25, -0.2) is 22.9 Å². The number of benzene rings is 2. The molecule has 2 aromatic rings. The molecule has 1 aliphatic heterocycles. The minimum absolute atomic E-state index is 0.419. The van der Waals surface area contributed by atoms with Crippen molar-refractivity contribution in [3.8, 4) is 5.75 Å². The first-order valence-electron chi connectivity index (χ1n) is 7.86. The van der Waals surface area contributed by atoms with Crippen LogP contribution in [0.2, 0.25) is 0 Å². The predicted octanol–water partition coefficient (Wildman–Crippen LogP) is 3.12. The molecule has 0 spiro atoms. The van der Waals surface area contributed by atoms with Crippen molar-refractivity contribution < 1.29 is 26.7 Å². The van der Waals surface area contributed by atoms with Crippen LogP contribution in [0.3, 0.4) is 0 Å². The number of carbonyl (C=O) groups is 1. The number of para-hydroxylation sites is 1. The lowest BCUT2D eigenvalue weighted by Crippen LogP contribution is -2.40. The lowest BCUT2D eigenvalue weighted by atomic mass is 10.1. The highest BCUT2D eigenvalue weighted by atomic mass is 32.2. The van der Waals surface area contributed by atoms with Gasteiger partial charge in [0.1, 0.15) is 10.6 Å². The summed E-state index contributed by atoms with van der Waals surface area (Å²) in [6.45, 7) is -3.21. The maximum atomic E-state index is 12.5. The normalized spacial score (nSPS) is 16.6. The molecule has 0 aliphatic carbocycles. The van der Waals surface area contributed by atoms with Gasteiger partial charge < -0.3 is 4.74 Å². The zero-order valence-corrected chi connectivity index (χ0v) is 14.6. The Bertz CT molecular complexity index is 952. The van der Waals surface area contributed by atoms with Crippen molar-refractivity contribution in [3.63, 3.8) is 0 Å². The smallest absolute Gasteiger partial charge is 0.387 e. The standard InChI is InChI=1S/C17H15F2N3O4S/c18-16(19)26-14-8-4-5-9-15(14)27(24,25)21-17(23)22-13(10-11-20-22)12-6-2-1-3-7-12/h1-9,11,13,16H,10H2,(H,21,23). The van der Waals surface area contributed by atoms with Crippen molar-refractivity contribution in [2.75, 3.05) is 0 Å². The lowest BCUT2D eigenvalue weighted by molar-refractivity contribution is -0.0517. The number of halogens is 2. The molecule has 0 saturated heterocycles. The average molecular weight is 395 g/mol. The largest absolute Gasteiger partial charge is 0.433 e. The van der Waals surface area contributed by atoms with E-state index in [1.54, 1.807) is 24.3 Å². The van der Waals surface area contributed by atoms with Gasteiger partial charge in [0.25, 0.3) is 10.0 Å². The number of hydrazone groups is 1. The van der Waals surface area contributed by atoms with E-state index in [4.69, 9.17) is 0 Å². The Morgan fingerprint density at radius 3 is 2.52 bits per heavy atom. The van der Waals surface area contributed by atoms with Gasteiger partial charge in [0.2, 0.25) is 0 Å². The molecule has 0 saturated carbocycles. The van der Waals surface area contributed by atoms with Crippen LogP contribution >= 0.6 is 0 Å². The fourth-order valence-corrected chi connectivity index (χ4v) is 3.72. The van der Waals surface area contributed by atoms with E-state index in [1.165, 1.54) is 18.3 Å². The van der Waals surface area contributed by atoms with Gasteiger partial charge in [-0.2, -0.15) is 13.9 Å². The highest BCUT2D eigenvalue weighted by molar-refractivity contribution is 7.90. The van der Waals surface area contributed by atoms with E-state index in [0.29, 0.717) is 6.42 Å². The number of urea groups is 1. The lowest BCUT2D eigenvalue weighted by Gasteiger charge is -2.22. The number of rotatable bonds is 5. The molecule has 0 aromatic heterocycles. The van der Waals surface area contributed by atoms with Crippen LogP contribution in [0, 0.1) is 0 Å². The summed E-state index contributed by atoms with van der Waals surface area (Å²) < 4.78 is 56.1. The van der Waals surface area contributed by atoms with E-state index in [-0.39, 0.29) is 0 Å². The number of sulfonamides is 1. The molecule has 3 rings (SSSR count). The third kappa shape index (κ3) is 4.22. The topological polar surface area (TPSA) is 88.1 Å². The summed E-state index contributed by atoms with van der Waals surface area (Å²) in [5, 5.41) is 4.93. The molecular weight excluding hydrogens is 380 g/mol. The van der Waals surface area contributed by atoms with Crippen LogP contribution in [-0.2, 0) is 10.0 Å². The van der Waals surface area contributed by atoms with Crippen LogP contribution in [0.5, 0.6) is 5.75 Å². The Labute approximate surface area is 154 Å². The first kappa shape index (κ1) is 18.8. The second kappa shape index (κ2) is 7.70. The molecule has 2 aromatic carbocycles. The molecule has 27 heavy (non-hydrogen) atoms. The molecule has 1 unspecified atom stereocenters. The predicted molar refractivity (Wildman–Crippen MR) is 92.9 cm³/mol. The second-order valence-corrected chi connectivity index (χ2v) is 7.19. The summed E-state index contributed by atoms with van der Waals surface area (Å²) in [5.74, 6) is -0.558. The molecular formula is C17H15F2N3O4S. The van der Waals surface area contributed by atoms with E-state index in [1.807, 2.05) is 10.8 Å². The molecule has 1 atom stereocenters. The molecule has 0 fully saturated rings. The Kier molecular flexibility index (Phi) is 5.36. The Balaban J connectivity index is 1.82. The van der Waals surface area contributed by atoms with Gasteiger partial charge in [-0.15, -0.1) is 0 Å². The molecule has 2 amide bonds. The van der Waals surface area contributed by atoms with Gasteiger partial charge in [-0.3, -0.25) is 0 Å². The van der Waals surface area contributed by atoms with Gasteiger partial charge in [-0.1, -0.05) is 42.5 Å². The minimum Gasteiger partial charge on any atom is -0.433 e. The van der Waals surface area contributed by atoms with Crippen LogP contribution in [0.4, 0.5) is 13.6 Å². The zero-order chi connectivity index (χ0) is 19.4. The molecule has 7 nitrogen and oxygen atoms in total. The summed E-state index contributed by atoms with van der Waals surface area (Å²) in [4.78, 5) is 11.9. The summed E-state index contributed by atoms with van der Waals surface area (Å²) in [6.07, 6.45) is 1.92. The van der Waals surface area contributed by atoms with Crippen molar-refractivity contribution in [2.45, 2.75) is 24.0 Å². The van der Waals surface area contributed by atoms with Crippen LogP contribution in [0.1, 0.15) is 18.0 Å². The van der Waals surface area contributed by atoms with E-state index in [2.05, 4.69) is 9.84 Å². The summed E-state index contributed by atoms with van der Waals surface area (Å²) in [6, 6.07) is 12.3. The number of nitrogens with zero attached hydrogens (tertiary/aromatic N) is 2. The third-order valence-electron chi connectivity index (χ3n) is 3.80. The first-order valence-corrected chi connectivity index (χ1v) is 9.34. The van der Waals surface area contributed by atoms with Crippen LogP contribution in [0.25, 0.3) is 0 Å². The van der Waals surface area contributed by atoms with Crippen LogP contribution in [-0.4, -0.2) is 32.3 Å². The SMILES string of the molecule is O=C(NS(=O)(=O)c1ccccc1OC(F)F)N1N=CCC1c1ccccc1. The van der Waals surface area contributed by atoms with Gasteiger partial charge in [0.05, 0.1) is 6.04 Å². The van der Waals surface area contributed by atoms with Crippen LogP contribution in [0.15, 0.2) is 64.6 Å². The number of ether oxygens (including phenoxy) is 1. The van der Waals surface area contributed by atoms with Crippen molar-refractivity contribution in [3.05, 3.63) is 60.2 Å². The van der Waals surface area contributed by atoms with Gasteiger partial charge >= 0.3 is 12.6 Å². The van der Waals surface area contributed by atoms with Gasteiger partial charge in [0, 0.05) is 12.6 Å². The van der Waals surface area contributed by atoms with Crippen molar-refractivity contribution in [1.29, 1.82) is 0 Å². The van der Waals surface area contributed by atoms with Gasteiger partial charge in [-0.05, 0) is 17.7 Å². The minimum atomic E-state index is -4.45. The zero-order valence-electron chi connectivity index (χ0n) is 13.8. The average Bonchev–Trinajstić information content (AvgIpc) is 3.12. The fraction of sp³-hybridized carbons (Fsp3) is 0.176. The van der Waals surface area contributed by atoms with E-state index in [9.17, 15) is 22.0 Å². The molecule has 1 N–H and O–H groups in total. The van der Waals surface area contributed by atoms with E-state index in [0.717, 1.165) is 22.7 Å². The summed E-state index contributed by atoms with van der Waals surface area (Å²) in [7, 11) is -4.45. The molecule has 142 valence electrons. The number of hydrogen-bond donors (Lipinski definition) is 1. The van der Waals surface area contributed by atoms with Crippen LogP contribution < -0.4 is 9.46 Å². The van der Waals surface area contributed by atoms with Crippen molar-refractivity contribution in [2.24, 2.45) is 5.10 Å². The number of alkyl halides is 2. The Hall–Kier alpha value is -3.01. The molecule has 0 radical (unpaired) electrons. The van der Waals surface area contributed by atoms with Gasteiger partial charge in [0.15, 0.2) is 0 Å². The number of hydrogen-bond acceptors (Lipinski definition) is 5. The molecule has 10 heteroatoms. The van der Waals surface area contributed by atoms with Crippen molar-refractivity contribution >= 4 is 22.3 Å².